The number of hydrogen-bond donors (Lipinski definition) is 0. The van der Waals surface area contributed by atoms with Gasteiger partial charge in [-0.3, -0.25) is 4.79 Å². The first-order valence-corrected chi connectivity index (χ1v) is 11.5. The lowest BCUT2D eigenvalue weighted by Gasteiger charge is -2.16. The van der Waals surface area contributed by atoms with Crippen molar-refractivity contribution < 1.29 is 13.2 Å². The molecule has 6 nitrogen and oxygen atoms in total. The summed E-state index contributed by atoms with van der Waals surface area (Å²) in [5.74, 6) is -0.408. The molecule has 0 unspecified atom stereocenters. The quantitative estimate of drug-likeness (QED) is 0.566. The van der Waals surface area contributed by atoms with E-state index in [0.29, 0.717) is 16.9 Å². The fourth-order valence-electron chi connectivity index (χ4n) is 3.13. The molecule has 1 fully saturated rings. The van der Waals surface area contributed by atoms with Crippen molar-refractivity contribution >= 4 is 37.5 Å². The molecule has 150 valence electrons. The molecule has 8 heteroatoms. The maximum Gasteiger partial charge on any atom is 0.279 e. The van der Waals surface area contributed by atoms with Gasteiger partial charge in [0.25, 0.3) is 5.91 Å². The number of fused-ring (bicyclic) bond motifs is 1. The highest BCUT2D eigenvalue weighted by molar-refractivity contribution is 7.89. The zero-order chi connectivity index (χ0) is 20.6. The van der Waals surface area contributed by atoms with Gasteiger partial charge in [-0.25, -0.2) is 8.42 Å². The molecule has 0 atom stereocenters. The van der Waals surface area contributed by atoms with Crippen LogP contribution in [0.4, 0.5) is 0 Å². The van der Waals surface area contributed by atoms with Crippen LogP contribution in [0.15, 0.2) is 71.1 Å². The van der Waals surface area contributed by atoms with Gasteiger partial charge in [0.05, 0.1) is 15.1 Å². The van der Waals surface area contributed by atoms with Gasteiger partial charge in [-0.2, -0.15) is 9.30 Å². The summed E-state index contributed by atoms with van der Waals surface area (Å²) >= 11 is 1.43. The Balaban J connectivity index is 1.66. The number of benzene rings is 2. The van der Waals surface area contributed by atoms with Gasteiger partial charge in [0, 0.05) is 25.2 Å². The Bertz CT molecular complexity index is 1250. The van der Waals surface area contributed by atoms with Gasteiger partial charge in [0.15, 0.2) is 4.80 Å². The van der Waals surface area contributed by atoms with Gasteiger partial charge in [-0.15, -0.1) is 6.58 Å². The van der Waals surface area contributed by atoms with Crippen LogP contribution in [0.5, 0.6) is 0 Å². The van der Waals surface area contributed by atoms with E-state index in [0.717, 1.165) is 23.1 Å². The van der Waals surface area contributed by atoms with Crippen molar-refractivity contribution in [2.45, 2.75) is 30.3 Å². The van der Waals surface area contributed by atoms with Gasteiger partial charge in [-0.05, 0) is 49.2 Å². The highest BCUT2D eigenvalue weighted by atomic mass is 32.2. The monoisotopic (exact) mass is 427 g/mol. The zero-order valence-corrected chi connectivity index (χ0v) is 17.6. The first-order valence-electron chi connectivity index (χ1n) is 9.28. The molecule has 0 spiro atoms. The van der Waals surface area contributed by atoms with Crippen molar-refractivity contribution in [2.75, 3.05) is 7.05 Å². The van der Waals surface area contributed by atoms with Crippen molar-refractivity contribution in [1.29, 1.82) is 0 Å². The summed E-state index contributed by atoms with van der Waals surface area (Å²) in [6, 6.07) is 13.9. The Morgan fingerprint density at radius 3 is 2.59 bits per heavy atom. The normalized spacial score (nSPS) is 15.2. The van der Waals surface area contributed by atoms with Crippen LogP contribution in [-0.2, 0) is 16.6 Å². The van der Waals surface area contributed by atoms with Crippen LogP contribution in [0.2, 0.25) is 0 Å². The third kappa shape index (κ3) is 3.83. The third-order valence-corrected chi connectivity index (χ3v) is 7.92. The van der Waals surface area contributed by atoms with E-state index < -0.39 is 15.9 Å². The SMILES string of the molecule is C=CCn1c(=NC(=O)c2ccc(S(=O)(=O)N(C)C3CC3)cc2)sc2ccccc21. The summed E-state index contributed by atoms with van der Waals surface area (Å²) in [4.78, 5) is 17.8. The zero-order valence-electron chi connectivity index (χ0n) is 16.0. The lowest BCUT2D eigenvalue weighted by atomic mass is 10.2. The fraction of sp³-hybridized carbons (Fsp3) is 0.238. The minimum Gasteiger partial charge on any atom is -0.312 e. The number of carbonyl (C=O) groups is 1. The molecule has 4 rings (SSSR count). The number of allylic oxidation sites excluding steroid dienone is 1. The topological polar surface area (TPSA) is 71.7 Å². The fourth-order valence-corrected chi connectivity index (χ4v) is 5.59. The van der Waals surface area contributed by atoms with Crippen molar-refractivity contribution in [3.8, 4) is 0 Å². The predicted molar refractivity (Wildman–Crippen MR) is 114 cm³/mol. The third-order valence-electron chi connectivity index (χ3n) is 4.94. The molecule has 1 saturated carbocycles. The Hall–Kier alpha value is -2.55. The summed E-state index contributed by atoms with van der Waals surface area (Å²) in [7, 11) is -1.93. The number of sulfonamides is 1. The van der Waals surface area contributed by atoms with Crippen LogP contribution in [0.3, 0.4) is 0 Å². The number of carbonyl (C=O) groups excluding carboxylic acids is 1. The molecule has 0 saturated heterocycles. The van der Waals surface area contributed by atoms with Gasteiger partial charge < -0.3 is 4.57 Å². The summed E-state index contributed by atoms with van der Waals surface area (Å²) in [6.07, 6.45) is 3.55. The van der Waals surface area contributed by atoms with Crippen molar-refractivity contribution in [1.82, 2.24) is 8.87 Å². The molecule has 1 aromatic heterocycles. The number of amides is 1. The first-order chi connectivity index (χ1) is 13.9. The Morgan fingerprint density at radius 1 is 1.24 bits per heavy atom. The van der Waals surface area contributed by atoms with Crippen molar-refractivity contribution in [3.63, 3.8) is 0 Å². The van der Waals surface area contributed by atoms with E-state index in [1.165, 1.54) is 39.9 Å². The molecule has 1 aliphatic rings. The molecular formula is C21H21N3O3S2. The average Bonchev–Trinajstić information content (AvgIpc) is 3.52. The molecule has 0 aliphatic heterocycles. The van der Waals surface area contributed by atoms with Crippen LogP contribution in [0, 0.1) is 0 Å². The summed E-state index contributed by atoms with van der Waals surface area (Å²) in [5.41, 5.74) is 1.34. The summed E-state index contributed by atoms with van der Waals surface area (Å²) in [5, 5.41) is 0. The van der Waals surface area contributed by atoms with E-state index in [-0.39, 0.29) is 10.9 Å². The molecule has 1 aliphatic carbocycles. The smallest absolute Gasteiger partial charge is 0.279 e. The van der Waals surface area contributed by atoms with E-state index in [2.05, 4.69) is 11.6 Å². The van der Waals surface area contributed by atoms with Crippen LogP contribution in [0.1, 0.15) is 23.2 Å². The maximum atomic E-state index is 12.7. The van der Waals surface area contributed by atoms with Crippen LogP contribution >= 0.6 is 11.3 Å². The summed E-state index contributed by atoms with van der Waals surface area (Å²) < 4.78 is 29.6. The van der Waals surface area contributed by atoms with E-state index in [1.807, 2.05) is 28.8 Å². The van der Waals surface area contributed by atoms with Gasteiger partial charge >= 0.3 is 0 Å². The maximum absolute atomic E-state index is 12.7. The largest absolute Gasteiger partial charge is 0.312 e. The van der Waals surface area contributed by atoms with Crippen LogP contribution in [-0.4, -0.2) is 36.3 Å². The second kappa shape index (κ2) is 7.70. The van der Waals surface area contributed by atoms with Crippen LogP contribution < -0.4 is 4.80 Å². The number of para-hydroxylation sites is 1. The molecule has 1 heterocycles. The Morgan fingerprint density at radius 2 is 1.93 bits per heavy atom. The number of aromatic nitrogens is 1. The Kier molecular flexibility index (Phi) is 5.24. The first kappa shape index (κ1) is 19.8. The lowest BCUT2D eigenvalue weighted by molar-refractivity contribution is 0.0998. The Labute approximate surface area is 173 Å². The van der Waals surface area contributed by atoms with Gasteiger partial charge in [0.1, 0.15) is 0 Å². The number of hydrogen-bond acceptors (Lipinski definition) is 4. The standard InChI is InChI=1S/C21H21N3O3S2/c1-3-14-24-18-6-4-5-7-19(18)28-21(24)22-20(25)15-8-12-17(13-9-15)29(26,27)23(2)16-10-11-16/h3-9,12-13,16H,1,10-11,14H2,2H3. The minimum absolute atomic E-state index is 0.0876. The highest BCUT2D eigenvalue weighted by Crippen LogP contribution is 2.30. The van der Waals surface area contributed by atoms with E-state index in [1.54, 1.807) is 13.1 Å². The van der Waals surface area contributed by atoms with Gasteiger partial charge in [-0.1, -0.05) is 29.5 Å². The summed E-state index contributed by atoms with van der Waals surface area (Å²) in [6.45, 7) is 4.32. The number of rotatable bonds is 6. The molecule has 2 aromatic carbocycles. The highest BCUT2D eigenvalue weighted by Gasteiger charge is 2.34. The van der Waals surface area contributed by atoms with Gasteiger partial charge in [0.2, 0.25) is 10.0 Å². The van der Waals surface area contributed by atoms with E-state index >= 15 is 0 Å². The molecular weight excluding hydrogens is 406 g/mol. The molecule has 0 N–H and O–H groups in total. The van der Waals surface area contributed by atoms with E-state index in [9.17, 15) is 13.2 Å². The lowest BCUT2D eigenvalue weighted by Crippen LogP contribution is -2.28. The van der Waals surface area contributed by atoms with Crippen molar-refractivity contribution in [2.24, 2.45) is 4.99 Å². The van der Waals surface area contributed by atoms with E-state index in [4.69, 9.17) is 0 Å². The number of nitrogens with zero attached hydrogens (tertiary/aromatic N) is 3. The van der Waals surface area contributed by atoms with Crippen LogP contribution in [0.25, 0.3) is 10.2 Å². The molecule has 29 heavy (non-hydrogen) atoms. The average molecular weight is 428 g/mol. The molecule has 0 bridgehead atoms. The predicted octanol–water partition coefficient (Wildman–Crippen LogP) is 3.41. The number of thiazole rings is 1. The molecule has 1 amide bonds. The second-order valence-electron chi connectivity index (χ2n) is 6.95. The van der Waals surface area contributed by atoms with Crippen molar-refractivity contribution in [3.05, 3.63) is 71.6 Å². The second-order valence-corrected chi connectivity index (χ2v) is 9.95. The molecule has 3 aromatic rings. The molecule has 0 radical (unpaired) electrons. The minimum atomic E-state index is -3.53.